The normalized spacial score (nSPS) is 17.5. The topological polar surface area (TPSA) is 38.5 Å². The summed E-state index contributed by atoms with van der Waals surface area (Å²) >= 11 is 0. The fourth-order valence-corrected chi connectivity index (χ4v) is 2.17. The number of rotatable bonds is 2. The Balaban J connectivity index is 2.18. The van der Waals surface area contributed by atoms with Crippen LogP contribution < -0.4 is 10.6 Å². The molecule has 0 bridgehead atoms. The van der Waals surface area contributed by atoms with Gasteiger partial charge in [-0.25, -0.2) is 8.78 Å². The average Bonchev–Trinajstić information content (AvgIpc) is 2.34. The summed E-state index contributed by atoms with van der Waals surface area (Å²) in [6.07, 6.45) is 1.91. The van der Waals surface area contributed by atoms with Crippen LogP contribution in [0.5, 0.6) is 0 Å². The fraction of sp³-hybridized carbons (Fsp3) is 0.500. The van der Waals surface area contributed by atoms with E-state index < -0.39 is 11.6 Å². The molecule has 94 valence electrons. The van der Waals surface area contributed by atoms with E-state index in [4.69, 9.17) is 10.5 Å². The van der Waals surface area contributed by atoms with E-state index >= 15 is 0 Å². The van der Waals surface area contributed by atoms with Crippen LogP contribution in [-0.4, -0.2) is 26.3 Å². The van der Waals surface area contributed by atoms with Crippen LogP contribution in [-0.2, 0) is 4.74 Å². The van der Waals surface area contributed by atoms with Crippen molar-refractivity contribution in [3.8, 4) is 0 Å². The third kappa shape index (κ3) is 2.49. The van der Waals surface area contributed by atoms with Gasteiger partial charge in [0.05, 0.1) is 17.5 Å². The Hall–Kier alpha value is -1.36. The molecule has 0 unspecified atom stereocenters. The van der Waals surface area contributed by atoms with Gasteiger partial charge in [-0.05, 0) is 18.9 Å². The summed E-state index contributed by atoms with van der Waals surface area (Å²) in [5.41, 5.74) is 6.09. The van der Waals surface area contributed by atoms with Crippen molar-refractivity contribution in [3.05, 3.63) is 23.8 Å². The van der Waals surface area contributed by atoms with E-state index in [0.717, 1.165) is 18.9 Å². The van der Waals surface area contributed by atoms with E-state index in [0.29, 0.717) is 18.8 Å². The van der Waals surface area contributed by atoms with Gasteiger partial charge >= 0.3 is 0 Å². The lowest BCUT2D eigenvalue weighted by molar-refractivity contribution is 0.0819. The number of hydrogen-bond donors (Lipinski definition) is 1. The van der Waals surface area contributed by atoms with Gasteiger partial charge in [0.1, 0.15) is 5.82 Å². The van der Waals surface area contributed by atoms with Crippen LogP contribution in [0.4, 0.5) is 20.2 Å². The van der Waals surface area contributed by atoms with Gasteiger partial charge in [-0.2, -0.15) is 0 Å². The largest absolute Gasteiger partial charge is 0.395 e. The molecule has 0 spiro atoms. The first-order chi connectivity index (χ1) is 8.11. The van der Waals surface area contributed by atoms with Crippen LogP contribution in [0.2, 0.25) is 0 Å². The number of halogens is 2. The van der Waals surface area contributed by atoms with E-state index in [-0.39, 0.29) is 11.8 Å². The maximum Gasteiger partial charge on any atom is 0.151 e. The van der Waals surface area contributed by atoms with Gasteiger partial charge in [-0.15, -0.1) is 0 Å². The predicted octanol–water partition coefficient (Wildman–Crippen LogP) is 2.16. The monoisotopic (exact) mass is 242 g/mol. The van der Waals surface area contributed by atoms with Gasteiger partial charge in [0.2, 0.25) is 0 Å². The van der Waals surface area contributed by atoms with Gasteiger partial charge in [0.25, 0.3) is 0 Å². The SMILES string of the molecule is COC1CCN(c2cc(F)cc(F)c2N)CC1. The zero-order chi connectivity index (χ0) is 12.4. The standard InChI is InChI=1S/C12H16F2N2O/c1-17-9-2-4-16(5-3-9)11-7-8(13)6-10(14)12(11)15/h6-7,9H,2-5,15H2,1H3. The Morgan fingerprint density at radius 2 is 1.94 bits per heavy atom. The van der Waals surface area contributed by atoms with Crippen LogP contribution >= 0.6 is 0 Å². The van der Waals surface area contributed by atoms with Crippen LogP contribution in [0.3, 0.4) is 0 Å². The molecule has 2 N–H and O–H groups in total. The number of nitrogens with two attached hydrogens (primary N) is 1. The minimum Gasteiger partial charge on any atom is -0.395 e. The van der Waals surface area contributed by atoms with Crippen molar-refractivity contribution in [3.63, 3.8) is 0 Å². The van der Waals surface area contributed by atoms with Crippen molar-refractivity contribution in [1.82, 2.24) is 0 Å². The first-order valence-corrected chi connectivity index (χ1v) is 5.64. The molecule has 1 saturated heterocycles. The molecule has 1 aromatic carbocycles. The summed E-state index contributed by atoms with van der Waals surface area (Å²) in [4.78, 5) is 1.90. The predicted molar refractivity (Wildman–Crippen MR) is 63.0 cm³/mol. The van der Waals surface area contributed by atoms with E-state index in [2.05, 4.69) is 0 Å². The Labute approximate surface area is 99.2 Å². The third-order valence-electron chi connectivity index (χ3n) is 3.19. The van der Waals surface area contributed by atoms with Gasteiger partial charge in [-0.3, -0.25) is 0 Å². The van der Waals surface area contributed by atoms with E-state index in [1.807, 2.05) is 4.90 Å². The minimum atomic E-state index is -0.700. The van der Waals surface area contributed by atoms with Crippen molar-refractivity contribution in [2.45, 2.75) is 18.9 Å². The van der Waals surface area contributed by atoms with Gasteiger partial charge < -0.3 is 15.4 Å². The molecular formula is C12H16F2N2O. The first-order valence-electron chi connectivity index (χ1n) is 5.64. The molecule has 1 heterocycles. The second-order valence-corrected chi connectivity index (χ2v) is 4.24. The van der Waals surface area contributed by atoms with E-state index in [9.17, 15) is 8.78 Å². The lowest BCUT2D eigenvalue weighted by Gasteiger charge is -2.33. The van der Waals surface area contributed by atoms with Crippen molar-refractivity contribution in [2.75, 3.05) is 30.8 Å². The van der Waals surface area contributed by atoms with Crippen LogP contribution in [0.1, 0.15) is 12.8 Å². The van der Waals surface area contributed by atoms with Gasteiger partial charge in [-0.1, -0.05) is 0 Å². The molecule has 1 aromatic rings. The second-order valence-electron chi connectivity index (χ2n) is 4.24. The number of piperidine rings is 1. The van der Waals surface area contributed by atoms with E-state index in [1.54, 1.807) is 7.11 Å². The number of benzene rings is 1. The van der Waals surface area contributed by atoms with Crippen LogP contribution in [0.25, 0.3) is 0 Å². The molecule has 2 rings (SSSR count). The Morgan fingerprint density at radius 1 is 1.29 bits per heavy atom. The second kappa shape index (κ2) is 4.87. The highest BCUT2D eigenvalue weighted by Gasteiger charge is 2.21. The zero-order valence-corrected chi connectivity index (χ0v) is 9.75. The van der Waals surface area contributed by atoms with Crippen molar-refractivity contribution in [2.24, 2.45) is 0 Å². The number of ether oxygens (including phenoxy) is 1. The fourth-order valence-electron chi connectivity index (χ4n) is 2.17. The quantitative estimate of drug-likeness (QED) is 0.808. The number of hydrogen-bond acceptors (Lipinski definition) is 3. The number of nitrogens with zero attached hydrogens (tertiary/aromatic N) is 1. The summed E-state index contributed by atoms with van der Waals surface area (Å²) in [5.74, 6) is -1.30. The Kier molecular flexibility index (Phi) is 3.47. The number of nitrogen functional groups attached to an aromatic ring is 1. The molecule has 0 radical (unpaired) electrons. The summed E-state index contributed by atoms with van der Waals surface area (Å²) < 4.78 is 31.7. The maximum atomic E-state index is 13.3. The molecule has 0 aliphatic carbocycles. The lowest BCUT2D eigenvalue weighted by Crippen LogP contribution is -2.37. The molecular weight excluding hydrogens is 226 g/mol. The van der Waals surface area contributed by atoms with Crippen LogP contribution in [0.15, 0.2) is 12.1 Å². The zero-order valence-electron chi connectivity index (χ0n) is 9.75. The van der Waals surface area contributed by atoms with Crippen molar-refractivity contribution in [1.29, 1.82) is 0 Å². The molecule has 3 nitrogen and oxygen atoms in total. The number of anilines is 2. The first kappa shape index (κ1) is 12.1. The summed E-state index contributed by atoms with van der Waals surface area (Å²) in [6, 6.07) is 2.09. The Bertz CT molecular complexity index is 404. The molecule has 0 saturated carbocycles. The average molecular weight is 242 g/mol. The molecule has 5 heteroatoms. The lowest BCUT2D eigenvalue weighted by atomic mass is 10.1. The summed E-state index contributed by atoms with van der Waals surface area (Å²) in [5, 5.41) is 0. The summed E-state index contributed by atoms with van der Waals surface area (Å²) in [7, 11) is 1.68. The molecule has 1 fully saturated rings. The van der Waals surface area contributed by atoms with Crippen molar-refractivity contribution < 1.29 is 13.5 Å². The molecule has 1 aliphatic rings. The number of methoxy groups -OCH3 is 1. The van der Waals surface area contributed by atoms with E-state index in [1.165, 1.54) is 6.07 Å². The highest BCUT2D eigenvalue weighted by molar-refractivity contribution is 5.68. The molecule has 0 amide bonds. The molecule has 0 atom stereocenters. The highest BCUT2D eigenvalue weighted by atomic mass is 19.1. The maximum absolute atomic E-state index is 13.3. The van der Waals surface area contributed by atoms with Gasteiger partial charge in [0, 0.05) is 26.3 Å². The Morgan fingerprint density at radius 3 is 2.53 bits per heavy atom. The molecule has 17 heavy (non-hydrogen) atoms. The van der Waals surface area contributed by atoms with Crippen molar-refractivity contribution >= 4 is 11.4 Å². The highest BCUT2D eigenvalue weighted by Crippen LogP contribution is 2.29. The van der Waals surface area contributed by atoms with Gasteiger partial charge in [0.15, 0.2) is 5.82 Å². The molecule has 1 aliphatic heterocycles. The third-order valence-corrected chi connectivity index (χ3v) is 3.19. The smallest absolute Gasteiger partial charge is 0.151 e. The summed E-state index contributed by atoms with van der Waals surface area (Å²) in [6.45, 7) is 1.40. The minimum absolute atomic E-state index is 0.0160. The van der Waals surface area contributed by atoms with Crippen LogP contribution in [0, 0.1) is 11.6 Å². The molecule has 0 aromatic heterocycles.